The Kier molecular flexibility index (Phi) is 1.29. The third-order valence-corrected chi connectivity index (χ3v) is 2.73. The Morgan fingerprint density at radius 1 is 1.60 bits per heavy atom. The van der Waals surface area contributed by atoms with Gasteiger partial charge in [0.1, 0.15) is 6.23 Å². The maximum atomic E-state index is 5.79. The topological polar surface area (TPSA) is 21.3 Å². The van der Waals surface area contributed by atoms with Gasteiger partial charge >= 0.3 is 0 Å². The van der Waals surface area contributed by atoms with E-state index in [9.17, 15) is 0 Å². The van der Waals surface area contributed by atoms with Crippen molar-refractivity contribution in [2.75, 3.05) is 6.54 Å². The summed E-state index contributed by atoms with van der Waals surface area (Å²) >= 11 is 0. The van der Waals surface area contributed by atoms with E-state index in [1.165, 1.54) is 12.8 Å². The molecular formula is C8H15NO. The molecule has 2 nitrogen and oxygen atoms in total. The molecule has 2 heterocycles. The van der Waals surface area contributed by atoms with Crippen LogP contribution in [-0.2, 0) is 4.74 Å². The molecule has 2 fully saturated rings. The van der Waals surface area contributed by atoms with Crippen LogP contribution in [0.3, 0.4) is 0 Å². The predicted molar refractivity (Wildman–Crippen MR) is 39.7 cm³/mol. The first-order valence-electron chi connectivity index (χ1n) is 4.11. The van der Waals surface area contributed by atoms with Crippen molar-refractivity contribution < 1.29 is 4.74 Å². The van der Waals surface area contributed by atoms with Crippen LogP contribution in [0.1, 0.15) is 26.7 Å². The molecule has 3 unspecified atom stereocenters. The maximum Gasteiger partial charge on any atom is 0.111 e. The summed E-state index contributed by atoms with van der Waals surface area (Å²) in [7, 11) is 0. The van der Waals surface area contributed by atoms with Gasteiger partial charge in [-0.05, 0) is 25.7 Å². The zero-order valence-electron chi connectivity index (χ0n) is 6.68. The Morgan fingerprint density at radius 3 is 3.10 bits per heavy atom. The van der Waals surface area contributed by atoms with Gasteiger partial charge in [-0.25, -0.2) is 0 Å². The smallest absolute Gasteiger partial charge is 0.111 e. The van der Waals surface area contributed by atoms with Crippen molar-refractivity contribution in [3.05, 3.63) is 0 Å². The van der Waals surface area contributed by atoms with Crippen LogP contribution in [0.15, 0.2) is 0 Å². The van der Waals surface area contributed by atoms with Crippen molar-refractivity contribution in [2.45, 2.75) is 38.5 Å². The highest BCUT2D eigenvalue weighted by atomic mass is 16.5. The van der Waals surface area contributed by atoms with E-state index in [4.69, 9.17) is 4.74 Å². The molecule has 2 aliphatic rings. The Morgan fingerprint density at radius 2 is 2.40 bits per heavy atom. The largest absolute Gasteiger partial charge is 0.356 e. The van der Waals surface area contributed by atoms with Gasteiger partial charge in [-0.2, -0.15) is 0 Å². The average molecular weight is 141 g/mol. The molecule has 0 radical (unpaired) electrons. The van der Waals surface area contributed by atoms with Crippen LogP contribution in [0, 0.1) is 5.92 Å². The highest BCUT2D eigenvalue weighted by Crippen LogP contribution is 2.34. The average Bonchev–Trinajstić information content (AvgIpc) is 2.23. The Bertz CT molecular complexity index is 148. The number of ether oxygens (including phenoxy) is 1. The molecule has 10 heavy (non-hydrogen) atoms. The second kappa shape index (κ2) is 1.95. The standard InChI is InChI=1S/C8H15NO/c1-6-3-4-8(2)5-9-7(6)10-8/h6-7,9H,3-5H2,1-2H3. The zero-order chi connectivity index (χ0) is 7.19. The lowest BCUT2D eigenvalue weighted by Crippen LogP contribution is -2.35. The van der Waals surface area contributed by atoms with E-state index in [1.54, 1.807) is 0 Å². The number of hydrogen-bond donors (Lipinski definition) is 1. The molecule has 2 rings (SSSR count). The molecule has 1 N–H and O–H groups in total. The molecule has 0 aromatic rings. The Labute approximate surface area is 61.9 Å². The Balaban J connectivity index is 2.12. The zero-order valence-corrected chi connectivity index (χ0v) is 6.68. The van der Waals surface area contributed by atoms with Crippen LogP contribution in [0.5, 0.6) is 0 Å². The summed E-state index contributed by atoms with van der Waals surface area (Å²) in [5, 5.41) is 3.39. The summed E-state index contributed by atoms with van der Waals surface area (Å²) in [5.41, 5.74) is 0.164. The lowest BCUT2D eigenvalue weighted by molar-refractivity contribution is -0.0887. The highest BCUT2D eigenvalue weighted by Gasteiger charge is 2.42. The molecule has 0 spiro atoms. The maximum absolute atomic E-state index is 5.79. The fraction of sp³-hybridized carbons (Fsp3) is 1.00. The van der Waals surface area contributed by atoms with Crippen LogP contribution in [0.2, 0.25) is 0 Å². The van der Waals surface area contributed by atoms with Crippen LogP contribution < -0.4 is 5.32 Å². The first kappa shape index (κ1) is 6.62. The molecule has 0 aliphatic carbocycles. The van der Waals surface area contributed by atoms with Gasteiger partial charge < -0.3 is 4.74 Å². The summed E-state index contributed by atoms with van der Waals surface area (Å²) in [6, 6.07) is 0. The Hall–Kier alpha value is -0.0800. The quantitative estimate of drug-likeness (QED) is 0.546. The van der Waals surface area contributed by atoms with Gasteiger partial charge in [0.2, 0.25) is 0 Å². The molecule has 0 aromatic heterocycles. The second-order valence-electron chi connectivity index (χ2n) is 3.89. The van der Waals surface area contributed by atoms with Gasteiger partial charge in [-0.1, -0.05) is 6.92 Å². The van der Waals surface area contributed by atoms with Gasteiger partial charge in [0.15, 0.2) is 0 Å². The summed E-state index contributed by atoms with van der Waals surface area (Å²) < 4.78 is 5.79. The van der Waals surface area contributed by atoms with E-state index in [1.807, 2.05) is 0 Å². The summed E-state index contributed by atoms with van der Waals surface area (Å²) in [5.74, 6) is 0.704. The monoisotopic (exact) mass is 141 g/mol. The van der Waals surface area contributed by atoms with Crippen molar-refractivity contribution in [3.8, 4) is 0 Å². The third-order valence-electron chi connectivity index (χ3n) is 2.73. The number of nitrogens with one attached hydrogen (secondary N) is 1. The third kappa shape index (κ3) is 0.867. The van der Waals surface area contributed by atoms with Crippen LogP contribution >= 0.6 is 0 Å². The first-order valence-corrected chi connectivity index (χ1v) is 4.11. The molecule has 2 aliphatic heterocycles. The van der Waals surface area contributed by atoms with Crippen molar-refractivity contribution in [1.29, 1.82) is 0 Å². The number of rotatable bonds is 0. The van der Waals surface area contributed by atoms with Gasteiger partial charge in [0.25, 0.3) is 0 Å². The second-order valence-corrected chi connectivity index (χ2v) is 3.89. The normalized spacial score (nSPS) is 53.4. The van der Waals surface area contributed by atoms with Gasteiger partial charge in [-0.15, -0.1) is 0 Å². The fourth-order valence-corrected chi connectivity index (χ4v) is 1.86. The van der Waals surface area contributed by atoms with Crippen molar-refractivity contribution in [3.63, 3.8) is 0 Å². The van der Waals surface area contributed by atoms with E-state index in [-0.39, 0.29) is 5.60 Å². The van der Waals surface area contributed by atoms with Gasteiger partial charge in [0.05, 0.1) is 5.60 Å². The minimum Gasteiger partial charge on any atom is -0.356 e. The molecule has 58 valence electrons. The van der Waals surface area contributed by atoms with Crippen LogP contribution in [-0.4, -0.2) is 18.4 Å². The van der Waals surface area contributed by atoms with Gasteiger partial charge in [0, 0.05) is 6.54 Å². The molecule has 2 saturated heterocycles. The number of fused-ring (bicyclic) bond motifs is 2. The lowest BCUT2D eigenvalue weighted by atomic mass is 9.93. The molecule has 0 aromatic carbocycles. The summed E-state index contributed by atoms with van der Waals surface area (Å²) in [4.78, 5) is 0. The van der Waals surface area contributed by atoms with E-state index < -0.39 is 0 Å². The minimum atomic E-state index is 0.164. The SMILES string of the molecule is CC1CCC2(C)CNC1O2. The molecule has 0 saturated carbocycles. The summed E-state index contributed by atoms with van der Waals surface area (Å²) in [6.07, 6.45) is 2.88. The predicted octanol–water partition coefficient (Wildman–Crippen LogP) is 1.12. The molecule has 0 amide bonds. The van der Waals surface area contributed by atoms with E-state index >= 15 is 0 Å². The summed E-state index contributed by atoms with van der Waals surface area (Å²) in [6.45, 7) is 5.50. The number of hydrogen-bond acceptors (Lipinski definition) is 2. The minimum absolute atomic E-state index is 0.164. The molecule has 2 bridgehead atoms. The molecule has 3 atom stereocenters. The lowest BCUT2D eigenvalue weighted by Gasteiger charge is -2.32. The molecular weight excluding hydrogens is 126 g/mol. The van der Waals surface area contributed by atoms with Crippen LogP contribution in [0.25, 0.3) is 0 Å². The van der Waals surface area contributed by atoms with Crippen LogP contribution in [0.4, 0.5) is 0 Å². The first-order chi connectivity index (χ1) is 4.70. The van der Waals surface area contributed by atoms with E-state index in [0.29, 0.717) is 12.1 Å². The molecule has 2 heteroatoms. The van der Waals surface area contributed by atoms with E-state index in [0.717, 1.165) is 6.54 Å². The van der Waals surface area contributed by atoms with Crippen molar-refractivity contribution >= 4 is 0 Å². The van der Waals surface area contributed by atoms with E-state index in [2.05, 4.69) is 19.2 Å². The van der Waals surface area contributed by atoms with Crippen molar-refractivity contribution in [2.24, 2.45) is 5.92 Å². The van der Waals surface area contributed by atoms with Crippen molar-refractivity contribution in [1.82, 2.24) is 5.32 Å². The fourth-order valence-electron chi connectivity index (χ4n) is 1.86. The highest BCUT2D eigenvalue weighted by molar-refractivity contribution is 4.92. The van der Waals surface area contributed by atoms with Gasteiger partial charge in [-0.3, -0.25) is 5.32 Å².